The smallest absolute Gasteiger partial charge is 0.319 e. The molecule has 104 valence electrons. The molecule has 1 N–H and O–H groups in total. The summed E-state index contributed by atoms with van der Waals surface area (Å²) in [4.78, 5) is 0. The molecular formula is C12H12F4N2O. The highest BCUT2D eigenvalue weighted by atomic mass is 19.3. The van der Waals surface area contributed by atoms with E-state index in [9.17, 15) is 17.6 Å². The van der Waals surface area contributed by atoms with E-state index in [1.165, 1.54) is 25.3 Å². The second-order valence-corrected chi connectivity index (χ2v) is 3.81. The molecule has 0 unspecified atom stereocenters. The Morgan fingerprint density at radius 3 is 2.63 bits per heavy atom. The van der Waals surface area contributed by atoms with E-state index in [4.69, 9.17) is 10.00 Å². The van der Waals surface area contributed by atoms with E-state index < -0.39 is 18.9 Å². The van der Waals surface area contributed by atoms with Crippen LogP contribution in [-0.4, -0.2) is 26.0 Å². The molecule has 0 bridgehead atoms. The molecule has 0 aliphatic heterocycles. The van der Waals surface area contributed by atoms with E-state index in [0.717, 1.165) is 0 Å². The van der Waals surface area contributed by atoms with Gasteiger partial charge in [-0.15, -0.1) is 0 Å². The molecule has 0 aromatic heterocycles. The lowest BCUT2D eigenvalue weighted by Crippen LogP contribution is -2.38. The van der Waals surface area contributed by atoms with Gasteiger partial charge in [0.15, 0.2) is 0 Å². The van der Waals surface area contributed by atoms with Gasteiger partial charge in [0.25, 0.3) is 0 Å². The van der Waals surface area contributed by atoms with Crippen LogP contribution < -0.4 is 10.1 Å². The van der Waals surface area contributed by atoms with Gasteiger partial charge >= 0.3 is 12.3 Å². The number of nitrogens with one attached hydrogen (secondary N) is 1. The van der Waals surface area contributed by atoms with Gasteiger partial charge in [-0.2, -0.15) is 14.0 Å². The first-order valence-corrected chi connectivity index (χ1v) is 5.34. The van der Waals surface area contributed by atoms with Crippen molar-refractivity contribution in [3.63, 3.8) is 0 Å². The molecule has 19 heavy (non-hydrogen) atoms. The molecule has 3 nitrogen and oxygen atoms in total. The summed E-state index contributed by atoms with van der Waals surface area (Å²) in [5, 5.41) is 11.0. The van der Waals surface area contributed by atoms with Gasteiger partial charge in [-0.3, -0.25) is 0 Å². The van der Waals surface area contributed by atoms with Gasteiger partial charge in [0.2, 0.25) is 0 Å². The van der Waals surface area contributed by atoms with Gasteiger partial charge in [-0.25, -0.2) is 8.78 Å². The molecule has 1 aromatic carbocycles. The molecule has 1 rings (SSSR count). The Bertz CT molecular complexity index is 471. The molecule has 7 heteroatoms. The highest BCUT2D eigenvalue weighted by molar-refractivity contribution is 5.45. The van der Waals surface area contributed by atoms with E-state index >= 15 is 0 Å². The lowest BCUT2D eigenvalue weighted by atomic mass is 10.1. The number of hydrogen-bond acceptors (Lipinski definition) is 3. The lowest BCUT2D eigenvalue weighted by molar-refractivity contribution is -0.125. The Kier molecular flexibility index (Phi) is 5.12. The minimum absolute atomic E-state index is 0.0234. The number of methoxy groups -OCH3 is 1. The van der Waals surface area contributed by atoms with E-state index in [1.807, 2.05) is 6.07 Å². The summed E-state index contributed by atoms with van der Waals surface area (Å²) in [7, 11) is 1.37. The van der Waals surface area contributed by atoms with Crippen LogP contribution in [0.1, 0.15) is 11.1 Å². The molecule has 0 saturated heterocycles. The number of hydrogen-bond donors (Lipinski definition) is 1. The van der Waals surface area contributed by atoms with Crippen LogP contribution in [0.25, 0.3) is 0 Å². The predicted molar refractivity (Wildman–Crippen MR) is 60.4 cm³/mol. The number of rotatable bonds is 6. The van der Waals surface area contributed by atoms with Crippen LogP contribution >= 0.6 is 0 Å². The molecule has 0 aliphatic rings. The molecular weight excluding hydrogens is 264 g/mol. The van der Waals surface area contributed by atoms with Crippen molar-refractivity contribution < 1.29 is 22.3 Å². The summed E-state index contributed by atoms with van der Waals surface area (Å²) < 4.78 is 54.0. The van der Waals surface area contributed by atoms with E-state index in [1.54, 1.807) is 0 Å². The average Bonchev–Trinajstić information content (AvgIpc) is 2.38. The van der Waals surface area contributed by atoms with Crippen LogP contribution in [-0.2, 0) is 6.54 Å². The Balaban J connectivity index is 2.62. The third-order valence-corrected chi connectivity index (χ3v) is 2.40. The average molecular weight is 276 g/mol. The third kappa shape index (κ3) is 4.10. The SMILES string of the molecule is COc1cc(CNCC(F)(F)C(F)F)ccc1C#N. The number of alkyl halides is 4. The van der Waals surface area contributed by atoms with Crippen molar-refractivity contribution >= 4 is 0 Å². The minimum atomic E-state index is -4.06. The molecule has 0 atom stereocenters. The van der Waals surface area contributed by atoms with Crippen molar-refractivity contribution in [3.05, 3.63) is 29.3 Å². The van der Waals surface area contributed by atoms with Crippen LogP contribution in [0.2, 0.25) is 0 Å². The largest absolute Gasteiger partial charge is 0.495 e. The first-order chi connectivity index (χ1) is 8.90. The van der Waals surface area contributed by atoms with Crippen molar-refractivity contribution in [2.45, 2.75) is 18.9 Å². The summed E-state index contributed by atoms with van der Waals surface area (Å²) in [6.07, 6.45) is -3.70. The van der Waals surface area contributed by atoms with Crippen LogP contribution in [0.15, 0.2) is 18.2 Å². The third-order valence-electron chi connectivity index (χ3n) is 2.40. The number of nitriles is 1. The van der Waals surface area contributed by atoms with Crippen molar-refractivity contribution in [1.82, 2.24) is 5.32 Å². The quantitative estimate of drug-likeness (QED) is 0.812. The zero-order valence-corrected chi connectivity index (χ0v) is 10.1. The van der Waals surface area contributed by atoms with E-state index in [0.29, 0.717) is 16.9 Å². The number of nitrogens with zero attached hydrogens (tertiary/aromatic N) is 1. The fraction of sp³-hybridized carbons (Fsp3) is 0.417. The zero-order valence-electron chi connectivity index (χ0n) is 10.1. The van der Waals surface area contributed by atoms with Crippen LogP contribution in [0.5, 0.6) is 5.75 Å². The van der Waals surface area contributed by atoms with Crippen molar-refractivity contribution in [3.8, 4) is 11.8 Å². The van der Waals surface area contributed by atoms with E-state index in [2.05, 4.69) is 5.32 Å². The molecule has 0 amide bonds. The Hall–Kier alpha value is -1.81. The summed E-state index contributed by atoms with van der Waals surface area (Å²) >= 11 is 0. The van der Waals surface area contributed by atoms with Crippen LogP contribution in [0, 0.1) is 11.3 Å². The maximum Gasteiger partial charge on any atom is 0.319 e. The Morgan fingerprint density at radius 2 is 2.11 bits per heavy atom. The molecule has 0 saturated carbocycles. The molecule has 0 spiro atoms. The zero-order chi connectivity index (χ0) is 14.5. The molecule has 0 fully saturated rings. The van der Waals surface area contributed by atoms with Gasteiger partial charge in [-0.1, -0.05) is 6.07 Å². The van der Waals surface area contributed by atoms with Gasteiger partial charge in [0.1, 0.15) is 11.8 Å². The van der Waals surface area contributed by atoms with E-state index in [-0.39, 0.29) is 6.54 Å². The van der Waals surface area contributed by atoms with Gasteiger partial charge in [-0.05, 0) is 17.7 Å². The molecule has 0 radical (unpaired) electrons. The van der Waals surface area contributed by atoms with Crippen molar-refractivity contribution in [2.24, 2.45) is 0 Å². The Morgan fingerprint density at radius 1 is 1.42 bits per heavy atom. The second kappa shape index (κ2) is 6.38. The summed E-state index contributed by atoms with van der Waals surface area (Å²) in [5.41, 5.74) is 0.866. The van der Waals surface area contributed by atoms with Gasteiger partial charge in [0, 0.05) is 6.54 Å². The monoisotopic (exact) mass is 276 g/mol. The summed E-state index contributed by atoms with van der Waals surface area (Å²) in [5.74, 6) is -3.75. The second-order valence-electron chi connectivity index (χ2n) is 3.81. The maximum atomic E-state index is 12.6. The number of ether oxygens (including phenoxy) is 1. The fourth-order valence-electron chi connectivity index (χ4n) is 1.39. The Labute approximate surface area is 107 Å². The fourth-order valence-corrected chi connectivity index (χ4v) is 1.39. The first-order valence-electron chi connectivity index (χ1n) is 5.34. The maximum absolute atomic E-state index is 12.6. The first kappa shape index (κ1) is 15.2. The molecule has 0 aliphatic carbocycles. The van der Waals surface area contributed by atoms with Crippen molar-refractivity contribution in [2.75, 3.05) is 13.7 Å². The standard InChI is InChI=1S/C12H12F4N2O/c1-19-10-4-8(2-3-9(10)5-17)6-18-7-12(15,16)11(13)14/h2-4,11,18H,6-7H2,1H3. The summed E-state index contributed by atoms with van der Waals surface area (Å²) in [6.45, 7) is -1.14. The van der Waals surface area contributed by atoms with Gasteiger partial charge < -0.3 is 10.1 Å². The number of halogens is 4. The van der Waals surface area contributed by atoms with Crippen molar-refractivity contribution in [1.29, 1.82) is 5.26 Å². The number of benzene rings is 1. The van der Waals surface area contributed by atoms with Crippen LogP contribution in [0.3, 0.4) is 0 Å². The van der Waals surface area contributed by atoms with Crippen LogP contribution in [0.4, 0.5) is 17.6 Å². The lowest BCUT2D eigenvalue weighted by Gasteiger charge is -2.16. The molecule has 1 aromatic rings. The van der Waals surface area contributed by atoms with Gasteiger partial charge in [0.05, 0.1) is 19.2 Å². The normalized spacial score (nSPS) is 11.4. The minimum Gasteiger partial charge on any atom is -0.495 e. The topological polar surface area (TPSA) is 45.0 Å². The molecule has 0 heterocycles. The highest BCUT2D eigenvalue weighted by Gasteiger charge is 2.39. The summed E-state index contributed by atoms with van der Waals surface area (Å²) in [6, 6.07) is 6.41. The highest BCUT2D eigenvalue weighted by Crippen LogP contribution is 2.22. The predicted octanol–water partition coefficient (Wildman–Crippen LogP) is 2.56.